The van der Waals surface area contributed by atoms with Gasteiger partial charge in [0, 0.05) is 9.86 Å². The molecule has 0 atom stereocenters. The molecular weight excluding hydrogens is 344 g/mol. The van der Waals surface area contributed by atoms with Crippen molar-refractivity contribution in [3.8, 4) is 0 Å². The lowest BCUT2D eigenvalue weighted by atomic mass is 10.1. The normalized spacial score (nSPS) is 11.7. The molecule has 1 aromatic heterocycles. The van der Waals surface area contributed by atoms with Gasteiger partial charge in [-0.25, -0.2) is 18.2 Å². The van der Waals surface area contributed by atoms with Crippen LogP contribution in [0.5, 0.6) is 0 Å². The molecule has 20 heavy (non-hydrogen) atoms. The summed E-state index contributed by atoms with van der Waals surface area (Å²) in [6.45, 7) is 0. The Morgan fingerprint density at radius 2 is 1.85 bits per heavy atom. The highest BCUT2D eigenvalue weighted by atomic mass is 79.9. The van der Waals surface area contributed by atoms with E-state index in [-0.39, 0.29) is 10.8 Å². The molecule has 0 amide bonds. The lowest BCUT2D eigenvalue weighted by molar-refractivity contribution is 0.601. The monoisotopic (exact) mass is 352 g/mol. The summed E-state index contributed by atoms with van der Waals surface area (Å²) in [5, 5.41) is 7.53. The highest BCUT2D eigenvalue weighted by Crippen LogP contribution is 2.29. The first-order valence-corrected chi connectivity index (χ1v) is 7.91. The molecule has 0 unspecified atom stereocenters. The number of hydrogen-bond acceptors (Lipinski definition) is 4. The first-order chi connectivity index (χ1) is 9.58. The predicted molar refractivity (Wildman–Crippen MR) is 78.8 cm³/mol. The highest BCUT2D eigenvalue weighted by molar-refractivity contribution is 9.10. The van der Waals surface area contributed by atoms with E-state index >= 15 is 0 Å². The van der Waals surface area contributed by atoms with Crippen molar-refractivity contribution in [1.82, 2.24) is 15.2 Å². The Labute approximate surface area is 123 Å². The van der Waals surface area contributed by atoms with Gasteiger partial charge in [0.1, 0.15) is 6.33 Å². The standard InChI is InChI=1S/C12H9BrN4O2S/c13-10-5-6-11(9-4-2-1-3-8(9)10)20(18,19)17-12-14-7-15-16-12/h1-7H,(H2,14,15,16,17). The second-order valence-corrected chi connectivity index (χ2v) is 6.54. The van der Waals surface area contributed by atoms with Crippen LogP contribution in [0.15, 0.2) is 52.1 Å². The van der Waals surface area contributed by atoms with Crippen LogP contribution in [0.25, 0.3) is 10.8 Å². The second-order valence-electron chi connectivity index (χ2n) is 4.03. The largest absolute Gasteiger partial charge is 0.264 e. The summed E-state index contributed by atoms with van der Waals surface area (Å²) in [4.78, 5) is 3.95. The maximum absolute atomic E-state index is 12.4. The Hall–Kier alpha value is -1.93. The molecule has 0 saturated heterocycles. The summed E-state index contributed by atoms with van der Waals surface area (Å²) in [5.41, 5.74) is 0. The van der Waals surface area contributed by atoms with Crippen LogP contribution in [-0.4, -0.2) is 23.6 Å². The average Bonchev–Trinajstić information content (AvgIpc) is 2.91. The fraction of sp³-hybridized carbons (Fsp3) is 0. The molecule has 3 aromatic rings. The topological polar surface area (TPSA) is 87.7 Å². The van der Waals surface area contributed by atoms with E-state index in [1.807, 2.05) is 12.1 Å². The molecule has 2 aromatic carbocycles. The van der Waals surface area contributed by atoms with Gasteiger partial charge < -0.3 is 0 Å². The Morgan fingerprint density at radius 1 is 1.10 bits per heavy atom. The number of fused-ring (bicyclic) bond motifs is 1. The van der Waals surface area contributed by atoms with Gasteiger partial charge in [0.2, 0.25) is 5.95 Å². The summed E-state index contributed by atoms with van der Waals surface area (Å²) in [5.74, 6) is 0.0806. The van der Waals surface area contributed by atoms with Gasteiger partial charge in [-0.3, -0.25) is 0 Å². The van der Waals surface area contributed by atoms with Crippen molar-refractivity contribution >= 4 is 42.7 Å². The molecule has 0 fully saturated rings. The molecular formula is C12H9BrN4O2S. The molecule has 0 aliphatic carbocycles. The fourth-order valence-corrected chi connectivity index (χ4v) is 3.56. The number of hydrogen-bond donors (Lipinski definition) is 2. The molecule has 6 nitrogen and oxygen atoms in total. The maximum Gasteiger partial charge on any atom is 0.264 e. The Balaban J connectivity index is 2.17. The number of benzene rings is 2. The lowest BCUT2D eigenvalue weighted by Gasteiger charge is -2.09. The van der Waals surface area contributed by atoms with E-state index in [1.54, 1.807) is 24.3 Å². The van der Waals surface area contributed by atoms with Gasteiger partial charge in [-0.2, -0.15) is 10.1 Å². The molecule has 2 N–H and O–H groups in total. The minimum atomic E-state index is -3.73. The van der Waals surface area contributed by atoms with Crippen molar-refractivity contribution in [3.05, 3.63) is 47.2 Å². The molecule has 3 rings (SSSR count). The third kappa shape index (κ3) is 2.27. The number of rotatable bonds is 3. The number of sulfonamides is 1. The molecule has 0 aliphatic rings. The van der Waals surface area contributed by atoms with Crippen molar-refractivity contribution in [1.29, 1.82) is 0 Å². The first-order valence-electron chi connectivity index (χ1n) is 5.63. The number of aromatic amines is 1. The molecule has 0 aliphatic heterocycles. The number of aromatic nitrogens is 3. The molecule has 0 radical (unpaired) electrons. The van der Waals surface area contributed by atoms with Crippen molar-refractivity contribution < 1.29 is 8.42 Å². The van der Waals surface area contributed by atoms with Crippen molar-refractivity contribution in [2.75, 3.05) is 4.72 Å². The number of anilines is 1. The smallest absolute Gasteiger partial charge is 0.248 e. The van der Waals surface area contributed by atoms with Crippen molar-refractivity contribution in [3.63, 3.8) is 0 Å². The Kier molecular flexibility index (Phi) is 3.19. The zero-order valence-electron chi connectivity index (χ0n) is 10.0. The fourth-order valence-electron chi connectivity index (χ4n) is 1.91. The van der Waals surface area contributed by atoms with Crippen LogP contribution in [0.1, 0.15) is 0 Å². The van der Waals surface area contributed by atoms with E-state index in [4.69, 9.17) is 0 Å². The van der Waals surface area contributed by atoms with Gasteiger partial charge in [-0.05, 0) is 17.5 Å². The number of H-pyrrole nitrogens is 1. The number of nitrogens with zero attached hydrogens (tertiary/aromatic N) is 2. The summed E-state index contributed by atoms with van der Waals surface area (Å²) >= 11 is 3.41. The predicted octanol–water partition coefficient (Wildman–Crippen LogP) is 2.52. The Bertz CT molecular complexity index is 862. The van der Waals surface area contributed by atoms with Crippen LogP contribution in [0.3, 0.4) is 0 Å². The van der Waals surface area contributed by atoms with Gasteiger partial charge in [-0.15, -0.1) is 0 Å². The minimum absolute atomic E-state index is 0.0806. The zero-order chi connectivity index (χ0) is 14.2. The van der Waals surface area contributed by atoms with Crippen LogP contribution in [0, 0.1) is 0 Å². The van der Waals surface area contributed by atoms with Crippen molar-refractivity contribution in [2.45, 2.75) is 4.90 Å². The van der Waals surface area contributed by atoms with Crippen LogP contribution < -0.4 is 4.72 Å². The van der Waals surface area contributed by atoms with E-state index in [0.29, 0.717) is 5.39 Å². The van der Waals surface area contributed by atoms with Gasteiger partial charge in [0.05, 0.1) is 4.90 Å². The SMILES string of the molecule is O=S(=O)(Nc1ncn[nH]1)c1ccc(Br)c2ccccc12. The maximum atomic E-state index is 12.4. The summed E-state index contributed by atoms with van der Waals surface area (Å²) < 4.78 is 28.0. The van der Waals surface area contributed by atoms with E-state index in [1.165, 1.54) is 6.33 Å². The second kappa shape index (κ2) is 4.88. The highest BCUT2D eigenvalue weighted by Gasteiger charge is 2.19. The summed E-state index contributed by atoms with van der Waals surface area (Å²) in [6.07, 6.45) is 1.23. The first kappa shape index (κ1) is 13.1. The minimum Gasteiger partial charge on any atom is -0.248 e. The van der Waals surface area contributed by atoms with Crippen LogP contribution in [-0.2, 0) is 10.0 Å². The number of halogens is 1. The lowest BCUT2D eigenvalue weighted by Crippen LogP contribution is -2.14. The van der Waals surface area contributed by atoms with Crippen molar-refractivity contribution in [2.24, 2.45) is 0 Å². The van der Waals surface area contributed by atoms with Crippen LogP contribution in [0.4, 0.5) is 5.95 Å². The zero-order valence-corrected chi connectivity index (χ0v) is 12.4. The molecule has 0 spiro atoms. The summed E-state index contributed by atoms with van der Waals surface area (Å²) in [6, 6.07) is 10.5. The third-order valence-electron chi connectivity index (χ3n) is 2.77. The molecule has 0 bridgehead atoms. The van der Waals surface area contributed by atoms with Crippen LogP contribution >= 0.6 is 15.9 Å². The van der Waals surface area contributed by atoms with Gasteiger partial charge in [-0.1, -0.05) is 40.2 Å². The quantitative estimate of drug-likeness (QED) is 0.757. The number of nitrogens with one attached hydrogen (secondary N) is 2. The Morgan fingerprint density at radius 3 is 2.55 bits per heavy atom. The molecule has 1 heterocycles. The van der Waals surface area contributed by atoms with E-state index in [2.05, 4.69) is 35.8 Å². The van der Waals surface area contributed by atoms with E-state index in [9.17, 15) is 8.42 Å². The average molecular weight is 353 g/mol. The molecule has 8 heteroatoms. The van der Waals surface area contributed by atoms with E-state index in [0.717, 1.165) is 9.86 Å². The van der Waals surface area contributed by atoms with E-state index < -0.39 is 10.0 Å². The summed E-state index contributed by atoms with van der Waals surface area (Å²) in [7, 11) is -3.73. The van der Waals surface area contributed by atoms with Crippen LogP contribution in [0.2, 0.25) is 0 Å². The third-order valence-corrected chi connectivity index (χ3v) is 4.86. The molecule has 0 saturated carbocycles. The van der Waals surface area contributed by atoms with Gasteiger partial charge in [0.25, 0.3) is 10.0 Å². The molecule has 102 valence electrons. The van der Waals surface area contributed by atoms with Gasteiger partial charge >= 0.3 is 0 Å². The van der Waals surface area contributed by atoms with Gasteiger partial charge in [0.15, 0.2) is 0 Å².